The molecule has 1 N–H and O–H groups in total. The summed E-state index contributed by atoms with van der Waals surface area (Å²) in [7, 11) is 0. The van der Waals surface area contributed by atoms with Crippen LogP contribution in [0.5, 0.6) is 0 Å². The van der Waals surface area contributed by atoms with Gasteiger partial charge >= 0.3 is 5.97 Å². The first-order valence-electron chi connectivity index (χ1n) is 9.11. The molecule has 130 valence electrons. The maximum atomic E-state index is 12.8. The number of hydrogen-bond donors (Lipinski definition) is 1. The van der Waals surface area contributed by atoms with E-state index in [0.29, 0.717) is 19.0 Å². The number of carbonyl (C=O) groups excluding carboxylic acids is 1. The number of hydrogen-bond acceptors (Lipinski definition) is 2. The fourth-order valence-corrected chi connectivity index (χ4v) is 4.22. The van der Waals surface area contributed by atoms with Crippen molar-refractivity contribution < 1.29 is 14.7 Å². The zero-order valence-corrected chi connectivity index (χ0v) is 14.2. The van der Waals surface area contributed by atoms with Crippen molar-refractivity contribution in [2.24, 2.45) is 11.8 Å². The molecule has 2 aliphatic rings. The van der Waals surface area contributed by atoms with Gasteiger partial charge in [-0.3, -0.25) is 9.59 Å². The molecule has 4 heteroatoms. The van der Waals surface area contributed by atoms with Gasteiger partial charge in [-0.2, -0.15) is 0 Å². The van der Waals surface area contributed by atoms with E-state index >= 15 is 0 Å². The molecule has 1 saturated carbocycles. The van der Waals surface area contributed by atoms with Crippen LogP contribution in [0, 0.1) is 11.8 Å². The van der Waals surface area contributed by atoms with Gasteiger partial charge in [0.2, 0.25) is 5.91 Å². The van der Waals surface area contributed by atoms with Crippen LogP contribution in [-0.4, -0.2) is 35.0 Å². The highest BCUT2D eigenvalue weighted by molar-refractivity contribution is 5.89. The Kier molecular flexibility index (Phi) is 4.20. The van der Waals surface area contributed by atoms with E-state index in [2.05, 4.69) is 36.4 Å². The molecule has 0 spiro atoms. The molecule has 4 rings (SSSR count). The van der Waals surface area contributed by atoms with E-state index in [9.17, 15) is 9.59 Å². The number of benzene rings is 2. The molecule has 1 heterocycles. The Labute approximate surface area is 147 Å². The third-order valence-corrected chi connectivity index (χ3v) is 5.72. The minimum Gasteiger partial charge on any atom is -0.481 e. The van der Waals surface area contributed by atoms with Crippen molar-refractivity contribution in [3.8, 4) is 0 Å². The molecule has 1 saturated heterocycles. The number of carboxylic acid groups (broad SMARTS) is 1. The number of piperidine rings is 1. The Bertz CT molecular complexity index is 802. The number of likely N-dealkylation sites (tertiary alicyclic amines) is 1. The molecule has 2 unspecified atom stereocenters. The maximum Gasteiger partial charge on any atom is 0.303 e. The lowest BCUT2D eigenvalue weighted by Crippen LogP contribution is -2.40. The lowest BCUT2D eigenvalue weighted by atomic mass is 9.93. The van der Waals surface area contributed by atoms with E-state index in [1.54, 1.807) is 0 Å². The van der Waals surface area contributed by atoms with Gasteiger partial charge in [-0.05, 0) is 47.4 Å². The van der Waals surface area contributed by atoms with Crippen molar-refractivity contribution in [3.05, 3.63) is 48.0 Å². The lowest BCUT2D eigenvalue weighted by Gasteiger charge is -2.31. The molecule has 2 aromatic rings. The van der Waals surface area contributed by atoms with E-state index in [1.807, 2.05) is 11.0 Å². The van der Waals surface area contributed by atoms with Gasteiger partial charge in [-0.25, -0.2) is 0 Å². The predicted octanol–water partition coefficient (Wildman–Crippen LogP) is 3.66. The van der Waals surface area contributed by atoms with E-state index in [0.717, 1.165) is 19.3 Å². The molecule has 0 aromatic heterocycles. The van der Waals surface area contributed by atoms with Crippen LogP contribution in [-0.2, 0) is 9.59 Å². The van der Waals surface area contributed by atoms with Gasteiger partial charge in [-0.15, -0.1) is 0 Å². The molecule has 0 bridgehead atoms. The van der Waals surface area contributed by atoms with Crippen molar-refractivity contribution in [1.82, 2.24) is 4.90 Å². The maximum absolute atomic E-state index is 12.8. The molecular formula is C21H23NO3. The summed E-state index contributed by atoms with van der Waals surface area (Å²) in [4.78, 5) is 25.6. The van der Waals surface area contributed by atoms with E-state index in [-0.39, 0.29) is 24.2 Å². The molecule has 1 aliphatic heterocycles. The molecule has 2 fully saturated rings. The fraction of sp³-hybridized carbons (Fsp3) is 0.429. The number of rotatable bonds is 4. The Hall–Kier alpha value is -2.36. The van der Waals surface area contributed by atoms with Crippen LogP contribution in [0.25, 0.3) is 10.8 Å². The smallest absolute Gasteiger partial charge is 0.303 e. The van der Waals surface area contributed by atoms with Crippen LogP contribution in [0.4, 0.5) is 0 Å². The standard InChI is InChI=1S/C21H23NO3/c23-20(24)12-14-8-10-22(11-9-14)21(25)19-13-18(19)17-7-3-5-15-4-1-2-6-16(15)17/h1-7,14,18-19H,8-13H2,(H,23,24). The van der Waals surface area contributed by atoms with Crippen LogP contribution >= 0.6 is 0 Å². The average Bonchev–Trinajstić information content (AvgIpc) is 3.41. The first-order chi connectivity index (χ1) is 12.1. The zero-order valence-electron chi connectivity index (χ0n) is 14.2. The summed E-state index contributed by atoms with van der Waals surface area (Å²) in [6, 6.07) is 14.7. The summed E-state index contributed by atoms with van der Waals surface area (Å²) in [6.45, 7) is 1.41. The SMILES string of the molecule is O=C(O)CC1CCN(C(=O)C2CC2c2cccc3ccccc23)CC1. The van der Waals surface area contributed by atoms with Crippen LogP contribution in [0.1, 0.15) is 37.2 Å². The summed E-state index contributed by atoms with van der Waals surface area (Å²) < 4.78 is 0. The Morgan fingerprint density at radius 1 is 1.04 bits per heavy atom. The highest BCUT2D eigenvalue weighted by Crippen LogP contribution is 2.50. The van der Waals surface area contributed by atoms with Gasteiger partial charge in [0.15, 0.2) is 0 Å². The van der Waals surface area contributed by atoms with Crippen molar-refractivity contribution in [2.45, 2.75) is 31.6 Å². The van der Waals surface area contributed by atoms with Crippen LogP contribution in [0.2, 0.25) is 0 Å². The summed E-state index contributed by atoms with van der Waals surface area (Å²) in [5, 5.41) is 11.4. The third kappa shape index (κ3) is 3.26. The highest BCUT2D eigenvalue weighted by Gasteiger charge is 2.46. The normalized spacial score (nSPS) is 23.6. The van der Waals surface area contributed by atoms with Crippen LogP contribution in [0.15, 0.2) is 42.5 Å². The van der Waals surface area contributed by atoms with Gasteiger partial charge in [0, 0.05) is 25.4 Å². The molecule has 2 aromatic carbocycles. The summed E-state index contributed by atoms with van der Waals surface area (Å²) in [5.74, 6) is 0.168. The Balaban J connectivity index is 1.41. The van der Waals surface area contributed by atoms with Gasteiger partial charge in [0.25, 0.3) is 0 Å². The van der Waals surface area contributed by atoms with Gasteiger partial charge in [0.05, 0.1) is 0 Å². The third-order valence-electron chi connectivity index (χ3n) is 5.72. The Morgan fingerprint density at radius 3 is 2.52 bits per heavy atom. The first-order valence-corrected chi connectivity index (χ1v) is 9.11. The van der Waals surface area contributed by atoms with Crippen molar-refractivity contribution in [3.63, 3.8) is 0 Å². The molecule has 1 amide bonds. The summed E-state index contributed by atoms with van der Waals surface area (Å²) in [5.41, 5.74) is 1.29. The number of fused-ring (bicyclic) bond motifs is 1. The van der Waals surface area contributed by atoms with Crippen LogP contribution in [0.3, 0.4) is 0 Å². The topological polar surface area (TPSA) is 57.6 Å². The number of amides is 1. The molecule has 25 heavy (non-hydrogen) atoms. The second-order valence-corrected chi connectivity index (χ2v) is 7.38. The number of aliphatic carboxylic acids is 1. The first kappa shape index (κ1) is 16.1. The number of nitrogens with zero attached hydrogens (tertiary/aromatic N) is 1. The summed E-state index contributed by atoms with van der Waals surface area (Å²) >= 11 is 0. The minimum atomic E-state index is -0.733. The second kappa shape index (κ2) is 6.51. The zero-order chi connectivity index (χ0) is 17.4. The predicted molar refractivity (Wildman–Crippen MR) is 96.4 cm³/mol. The van der Waals surface area contributed by atoms with Gasteiger partial charge < -0.3 is 10.0 Å². The quantitative estimate of drug-likeness (QED) is 0.926. The van der Waals surface area contributed by atoms with E-state index in [4.69, 9.17) is 5.11 Å². The average molecular weight is 337 g/mol. The van der Waals surface area contributed by atoms with Gasteiger partial charge in [0.1, 0.15) is 0 Å². The fourth-order valence-electron chi connectivity index (χ4n) is 4.22. The lowest BCUT2D eigenvalue weighted by molar-refractivity contribution is -0.138. The van der Waals surface area contributed by atoms with Crippen molar-refractivity contribution >= 4 is 22.6 Å². The summed E-state index contributed by atoms with van der Waals surface area (Å²) in [6.07, 6.45) is 2.78. The molecule has 4 nitrogen and oxygen atoms in total. The van der Waals surface area contributed by atoms with Crippen molar-refractivity contribution in [1.29, 1.82) is 0 Å². The largest absolute Gasteiger partial charge is 0.481 e. The molecule has 0 radical (unpaired) electrons. The van der Waals surface area contributed by atoms with E-state index in [1.165, 1.54) is 16.3 Å². The van der Waals surface area contributed by atoms with Gasteiger partial charge in [-0.1, -0.05) is 42.5 Å². The minimum absolute atomic E-state index is 0.0989. The molecule has 1 aliphatic carbocycles. The number of carbonyl (C=O) groups is 2. The molecule has 2 atom stereocenters. The monoisotopic (exact) mass is 337 g/mol. The van der Waals surface area contributed by atoms with Crippen LogP contribution < -0.4 is 0 Å². The highest BCUT2D eigenvalue weighted by atomic mass is 16.4. The Morgan fingerprint density at radius 2 is 1.76 bits per heavy atom. The van der Waals surface area contributed by atoms with Crippen molar-refractivity contribution in [2.75, 3.05) is 13.1 Å². The second-order valence-electron chi connectivity index (χ2n) is 7.38. The number of carboxylic acids is 1. The molecular weight excluding hydrogens is 314 g/mol. The van der Waals surface area contributed by atoms with E-state index < -0.39 is 5.97 Å².